The molecule has 0 aliphatic heterocycles. The topological polar surface area (TPSA) is 45.8 Å². The van der Waals surface area contributed by atoms with Crippen LogP contribution in [0.2, 0.25) is 0 Å². The molecule has 0 aliphatic rings. The zero-order valence-electron chi connectivity index (χ0n) is 7.72. The molecule has 1 rings (SSSR count). The van der Waals surface area contributed by atoms with Crippen LogP contribution >= 0.6 is 0 Å². The Hall–Kier alpha value is -1.12. The highest BCUT2D eigenvalue weighted by Crippen LogP contribution is 2.17. The SMILES string of the molecule is CCC(C)c1n[nH]c(=O)cc1C. The number of rotatable bonds is 2. The Kier molecular flexibility index (Phi) is 2.63. The van der Waals surface area contributed by atoms with Crippen molar-refractivity contribution in [3.63, 3.8) is 0 Å². The largest absolute Gasteiger partial charge is 0.268 e. The summed E-state index contributed by atoms with van der Waals surface area (Å²) < 4.78 is 0. The van der Waals surface area contributed by atoms with Gasteiger partial charge in [0.2, 0.25) is 0 Å². The minimum absolute atomic E-state index is 0.125. The summed E-state index contributed by atoms with van der Waals surface area (Å²) in [6, 6.07) is 1.59. The first kappa shape index (κ1) is 8.97. The first-order chi connectivity index (χ1) is 5.65. The molecule has 1 aromatic heterocycles. The number of aromatic amines is 1. The molecule has 0 radical (unpaired) electrons. The first-order valence-corrected chi connectivity index (χ1v) is 4.21. The lowest BCUT2D eigenvalue weighted by atomic mass is 10.0. The van der Waals surface area contributed by atoms with Gasteiger partial charge < -0.3 is 0 Å². The van der Waals surface area contributed by atoms with E-state index < -0.39 is 0 Å². The summed E-state index contributed by atoms with van der Waals surface area (Å²) >= 11 is 0. The van der Waals surface area contributed by atoms with Crippen molar-refractivity contribution in [3.05, 3.63) is 27.7 Å². The Balaban J connectivity index is 3.09. The van der Waals surface area contributed by atoms with Crippen LogP contribution in [0.1, 0.15) is 37.4 Å². The molecule has 0 aromatic carbocycles. The standard InChI is InChI=1S/C9H14N2O/c1-4-6(2)9-7(3)5-8(12)10-11-9/h5-6H,4H2,1-3H3,(H,10,12). The molecule has 12 heavy (non-hydrogen) atoms. The maximum absolute atomic E-state index is 10.8. The fourth-order valence-corrected chi connectivity index (χ4v) is 1.20. The zero-order valence-corrected chi connectivity index (χ0v) is 7.72. The van der Waals surface area contributed by atoms with E-state index in [0.29, 0.717) is 5.92 Å². The lowest BCUT2D eigenvalue weighted by Gasteiger charge is -2.08. The monoisotopic (exact) mass is 166 g/mol. The Morgan fingerprint density at radius 2 is 2.33 bits per heavy atom. The van der Waals surface area contributed by atoms with Gasteiger partial charge in [-0.2, -0.15) is 5.10 Å². The Morgan fingerprint density at radius 1 is 1.67 bits per heavy atom. The normalized spacial score (nSPS) is 12.9. The summed E-state index contributed by atoms with van der Waals surface area (Å²) in [6.07, 6.45) is 1.04. The fraction of sp³-hybridized carbons (Fsp3) is 0.556. The van der Waals surface area contributed by atoms with Crippen LogP contribution in [0, 0.1) is 6.92 Å². The van der Waals surface area contributed by atoms with Crippen LogP contribution in [0.3, 0.4) is 0 Å². The molecule has 0 aliphatic carbocycles. The van der Waals surface area contributed by atoms with Gasteiger partial charge in [0.1, 0.15) is 0 Å². The maximum atomic E-state index is 10.8. The van der Waals surface area contributed by atoms with Gasteiger partial charge in [0.25, 0.3) is 5.56 Å². The summed E-state index contributed by atoms with van der Waals surface area (Å²) in [5, 5.41) is 6.46. The van der Waals surface area contributed by atoms with Crippen LogP contribution in [-0.4, -0.2) is 10.2 Å². The molecular weight excluding hydrogens is 152 g/mol. The van der Waals surface area contributed by atoms with Gasteiger partial charge >= 0.3 is 0 Å². The van der Waals surface area contributed by atoms with E-state index in [9.17, 15) is 4.79 Å². The van der Waals surface area contributed by atoms with Gasteiger partial charge in [0.05, 0.1) is 5.69 Å². The highest BCUT2D eigenvalue weighted by Gasteiger charge is 2.07. The maximum Gasteiger partial charge on any atom is 0.264 e. The number of hydrogen-bond donors (Lipinski definition) is 1. The van der Waals surface area contributed by atoms with Gasteiger partial charge in [-0.05, 0) is 18.9 Å². The molecule has 1 atom stereocenters. The van der Waals surface area contributed by atoms with Crippen LogP contribution in [0.5, 0.6) is 0 Å². The molecule has 0 fully saturated rings. The van der Waals surface area contributed by atoms with Gasteiger partial charge in [0, 0.05) is 12.0 Å². The molecule has 0 amide bonds. The summed E-state index contributed by atoms with van der Waals surface area (Å²) in [4.78, 5) is 10.8. The quantitative estimate of drug-likeness (QED) is 0.725. The van der Waals surface area contributed by atoms with Crippen molar-refractivity contribution >= 4 is 0 Å². The molecule has 1 heterocycles. The number of aromatic nitrogens is 2. The van der Waals surface area contributed by atoms with E-state index in [-0.39, 0.29) is 5.56 Å². The molecule has 1 N–H and O–H groups in total. The summed E-state index contributed by atoms with van der Waals surface area (Å²) in [7, 11) is 0. The Labute approximate surface area is 71.8 Å². The molecular formula is C9H14N2O. The number of nitrogens with one attached hydrogen (secondary N) is 1. The molecule has 66 valence electrons. The van der Waals surface area contributed by atoms with Crippen molar-refractivity contribution in [2.75, 3.05) is 0 Å². The van der Waals surface area contributed by atoms with Crippen molar-refractivity contribution < 1.29 is 0 Å². The number of H-pyrrole nitrogens is 1. The second-order valence-corrected chi connectivity index (χ2v) is 3.11. The average Bonchev–Trinajstić information content (AvgIpc) is 2.03. The van der Waals surface area contributed by atoms with E-state index in [1.54, 1.807) is 6.07 Å². The minimum Gasteiger partial charge on any atom is -0.268 e. The van der Waals surface area contributed by atoms with Crippen molar-refractivity contribution in [2.24, 2.45) is 0 Å². The molecule has 3 nitrogen and oxygen atoms in total. The van der Waals surface area contributed by atoms with E-state index in [0.717, 1.165) is 17.7 Å². The van der Waals surface area contributed by atoms with Crippen molar-refractivity contribution in [1.82, 2.24) is 10.2 Å². The van der Waals surface area contributed by atoms with Gasteiger partial charge in [-0.3, -0.25) is 4.79 Å². The van der Waals surface area contributed by atoms with Crippen molar-refractivity contribution in [1.29, 1.82) is 0 Å². The van der Waals surface area contributed by atoms with Gasteiger partial charge in [0.15, 0.2) is 0 Å². The molecule has 1 aromatic rings. The third-order valence-electron chi connectivity index (χ3n) is 2.12. The Morgan fingerprint density at radius 3 is 2.83 bits per heavy atom. The zero-order chi connectivity index (χ0) is 9.14. The van der Waals surface area contributed by atoms with Crippen molar-refractivity contribution in [2.45, 2.75) is 33.1 Å². The van der Waals surface area contributed by atoms with E-state index in [1.165, 1.54) is 0 Å². The fourth-order valence-electron chi connectivity index (χ4n) is 1.20. The molecule has 0 saturated carbocycles. The molecule has 3 heteroatoms. The van der Waals surface area contributed by atoms with Crippen LogP contribution in [0.4, 0.5) is 0 Å². The molecule has 1 unspecified atom stereocenters. The highest BCUT2D eigenvalue weighted by atomic mass is 16.1. The summed E-state index contributed by atoms with van der Waals surface area (Å²) in [5.74, 6) is 0.418. The molecule has 0 bridgehead atoms. The summed E-state index contributed by atoms with van der Waals surface area (Å²) in [6.45, 7) is 6.13. The molecule has 0 spiro atoms. The third-order valence-corrected chi connectivity index (χ3v) is 2.12. The predicted octanol–water partition coefficient (Wildman–Crippen LogP) is 1.59. The van der Waals surface area contributed by atoms with Crippen LogP contribution in [0.25, 0.3) is 0 Å². The van der Waals surface area contributed by atoms with E-state index in [4.69, 9.17) is 0 Å². The molecule has 0 saturated heterocycles. The van der Waals surface area contributed by atoms with Gasteiger partial charge in [-0.25, -0.2) is 5.10 Å². The third kappa shape index (κ3) is 1.72. The van der Waals surface area contributed by atoms with Gasteiger partial charge in [-0.15, -0.1) is 0 Å². The van der Waals surface area contributed by atoms with E-state index in [2.05, 4.69) is 24.0 Å². The second-order valence-electron chi connectivity index (χ2n) is 3.11. The van der Waals surface area contributed by atoms with Crippen molar-refractivity contribution in [3.8, 4) is 0 Å². The Bertz CT molecular complexity index is 317. The highest BCUT2D eigenvalue weighted by molar-refractivity contribution is 5.18. The van der Waals surface area contributed by atoms with Crippen LogP contribution in [-0.2, 0) is 0 Å². The predicted molar refractivity (Wildman–Crippen MR) is 48.3 cm³/mol. The van der Waals surface area contributed by atoms with E-state index >= 15 is 0 Å². The lowest BCUT2D eigenvalue weighted by Crippen LogP contribution is -2.11. The van der Waals surface area contributed by atoms with E-state index in [1.807, 2.05) is 6.92 Å². The van der Waals surface area contributed by atoms with Crippen LogP contribution in [0.15, 0.2) is 10.9 Å². The van der Waals surface area contributed by atoms with Gasteiger partial charge in [-0.1, -0.05) is 13.8 Å². The lowest BCUT2D eigenvalue weighted by molar-refractivity contribution is 0.680. The number of nitrogens with zero attached hydrogens (tertiary/aromatic N) is 1. The number of aryl methyl sites for hydroxylation is 1. The average molecular weight is 166 g/mol. The van der Waals surface area contributed by atoms with Crippen LogP contribution < -0.4 is 5.56 Å². The first-order valence-electron chi connectivity index (χ1n) is 4.21. The summed E-state index contributed by atoms with van der Waals surface area (Å²) in [5.41, 5.74) is 1.85. The second kappa shape index (κ2) is 3.52. The minimum atomic E-state index is -0.125. The number of hydrogen-bond acceptors (Lipinski definition) is 2. The smallest absolute Gasteiger partial charge is 0.264 e.